The number of thioether (sulfide) groups is 1. The van der Waals surface area contributed by atoms with Crippen LogP contribution in [0.15, 0.2) is 12.4 Å². The minimum atomic E-state index is 0.501. The molecule has 1 heterocycles. The van der Waals surface area contributed by atoms with Crippen molar-refractivity contribution in [2.75, 3.05) is 11.6 Å². The van der Waals surface area contributed by atoms with E-state index < -0.39 is 0 Å². The molecule has 1 fully saturated rings. The molecule has 0 aromatic carbocycles. The van der Waals surface area contributed by atoms with Crippen LogP contribution in [0.1, 0.15) is 19.3 Å². The Morgan fingerprint density at radius 2 is 2.13 bits per heavy atom. The second kappa shape index (κ2) is 5.03. The van der Waals surface area contributed by atoms with Gasteiger partial charge in [-0.2, -0.15) is 11.8 Å². The maximum atomic E-state index is 5.73. The van der Waals surface area contributed by atoms with E-state index >= 15 is 0 Å². The summed E-state index contributed by atoms with van der Waals surface area (Å²) in [6.45, 7) is 0. The Balaban J connectivity index is 1.99. The normalized spacial score (nSPS) is 25.5. The van der Waals surface area contributed by atoms with Crippen molar-refractivity contribution in [1.82, 2.24) is 9.97 Å². The SMILES string of the molecule is CSC1CCCC1Nc1ncc(Cl)cn1. The lowest BCUT2D eigenvalue weighted by molar-refractivity contribution is 0.756. The van der Waals surface area contributed by atoms with Crippen molar-refractivity contribution in [3.63, 3.8) is 0 Å². The monoisotopic (exact) mass is 243 g/mol. The molecule has 0 amide bonds. The number of halogens is 1. The molecule has 1 saturated carbocycles. The van der Waals surface area contributed by atoms with Gasteiger partial charge in [0.2, 0.25) is 5.95 Å². The Morgan fingerprint density at radius 1 is 1.40 bits per heavy atom. The molecule has 5 heteroatoms. The summed E-state index contributed by atoms with van der Waals surface area (Å²) in [5.74, 6) is 0.686. The fraction of sp³-hybridized carbons (Fsp3) is 0.600. The molecule has 1 aromatic heterocycles. The van der Waals surface area contributed by atoms with Crippen LogP contribution in [0.5, 0.6) is 0 Å². The molecule has 2 unspecified atom stereocenters. The number of aromatic nitrogens is 2. The predicted molar refractivity (Wildman–Crippen MR) is 65.6 cm³/mol. The number of hydrogen-bond acceptors (Lipinski definition) is 4. The van der Waals surface area contributed by atoms with Gasteiger partial charge in [0.1, 0.15) is 0 Å². The highest BCUT2D eigenvalue weighted by molar-refractivity contribution is 7.99. The Morgan fingerprint density at radius 3 is 2.80 bits per heavy atom. The molecule has 0 radical (unpaired) electrons. The van der Waals surface area contributed by atoms with Gasteiger partial charge in [-0.25, -0.2) is 9.97 Å². The van der Waals surface area contributed by atoms with Crippen molar-refractivity contribution in [2.24, 2.45) is 0 Å². The number of anilines is 1. The first kappa shape index (κ1) is 11.0. The fourth-order valence-corrected chi connectivity index (χ4v) is 2.96. The molecule has 15 heavy (non-hydrogen) atoms. The van der Waals surface area contributed by atoms with Gasteiger partial charge in [-0.1, -0.05) is 18.0 Å². The fourth-order valence-electron chi connectivity index (χ4n) is 1.93. The van der Waals surface area contributed by atoms with Crippen LogP contribution in [0.2, 0.25) is 5.02 Å². The van der Waals surface area contributed by atoms with Gasteiger partial charge >= 0.3 is 0 Å². The topological polar surface area (TPSA) is 37.8 Å². The highest BCUT2D eigenvalue weighted by Crippen LogP contribution is 2.30. The van der Waals surface area contributed by atoms with Crippen molar-refractivity contribution < 1.29 is 0 Å². The Bertz CT molecular complexity index is 317. The van der Waals surface area contributed by atoms with Gasteiger partial charge in [-0.05, 0) is 19.1 Å². The molecule has 0 bridgehead atoms. The van der Waals surface area contributed by atoms with Gasteiger partial charge in [0, 0.05) is 11.3 Å². The first-order valence-electron chi connectivity index (χ1n) is 5.06. The summed E-state index contributed by atoms with van der Waals surface area (Å²) in [5.41, 5.74) is 0. The van der Waals surface area contributed by atoms with Crippen molar-refractivity contribution in [1.29, 1.82) is 0 Å². The molecule has 3 nitrogen and oxygen atoms in total. The van der Waals surface area contributed by atoms with Crippen molar-refractivity contribution in [3.8, 4) is 0 Å². The predicted octanol–water partition coefficient (Wildman–Crippen LogP) is 2.83. The quantitative estimate of drug-likeness (QED) is 0.886. The first-order chi connectivity index (χ1) is 7.29. The molecule has 0 spiro atoms. The minimum absolute atomic E-state index is 0.501. The molecule has 1 aliphatic rings. The highest BCUT2D eigenvalue weighted by Gasteiger charge is 2.26. The Labute approximate surface area is 99.0 Å². The number of nitrogens with one attached hydrogen (secondary N) is 1. The Hall–Kier alpha value is -0.480. The van der Waals surface area contributed by atoms with Gasteiger partial charge < -0.3 is 5.32 Å². The lowest BCUT2D eigenvalue weighted by atomic mass is 10.2. The molecule has 82 valence electrons. The van der Waals surface area contributed by atoms with E-state index in [2.05, 4.69) is 21.5 Å². The van der Waals surface area contributed by atoms with E-state index in [1.54, 1.807) is 12.4 Å². The smallest absolute Gasteiger partial charge is 0.222 e. The molecule has 1 N–H and O–H groups in total. The minimum Gasteiger partial charge on any atom is -0.350 e. The van der Waals surface area contributed by atoms with Gasteiger partial charge in [0.05, 0.1) is 17.4 Å². The summed E-state index contributed by atoms with van der Waals surface area (Å²) >= 11 is 7.65. The average molecular weight is 244 g/mol. The molecular formula is C10H14ClN3S. The third-order valence-corrected chi connectivity index (χ3v) is 4.06. The summed E-state index contributed by atoms with van der Waals surface area (Å²) in [7, 11) is 0. The second-order valence-electron chi connectivity index (χ2n) is 3.68. The maximum absolute atomic E-state index is 5.73. The third kappa shape index (κ3) is 2.75. The van der Waals surface area contributed by atoms with Crippen LogP contribution < -0.4 is 5.32 Å². The molecule has 1 aliphatic carbocycles. The Kier molecular flexibility index (Phi) is 3.70. The van der Waals surface area contributed by atoms with E-state index in [1.165, 1.54) is 19.3 Å². The highest BCUT2D eigenvalue weighted by atomic mass is 35.5. The zero-order chi connectivity index (χ0) is 10.7. The van der Waals surface area contributed by atoms with E-state index in [-0.39, 0.29) is 0 Å². The third-order valence-electron chi connectivity index (χ3n) is 2.69. The first-order valence-corrected chi connectivity index (χ1v) is 6.73. The molecule has 1 aromatic rings. The molecule has 0 aliphatic heterocycles. The number of hydrogen-bond donors (Lipinski definition) is 1. The van der Waals surface area contributed by atoms with E-state index in [4.69, 9.17) is 11.6 Å². The van der Waals surface area contributed by atoms with Crippen LogP contribution >= 0.6 is 23.4 Å². The standard InChI is InChI=1S/C10H14ClN3S/c1-15-9-4-2-3-8(9)14-10-12-5-7(11)6-13-10/h5-6,8-9H,2-4H2,1H3,(H,12,13,14). The van der Waals surface area contributed by atoms with Crippen LogP contribution in [-0.2, 0) is 0 Å². The van der Waals surface area contributed by atoms with Crippen molar-refractivity contribution >= 4 is 29.3 Å². The lowest BCUT2D eigenvalue weighted by Crippen LogP contribution is -2.26. The summed E-state index contributed by atoms with van der Waals surface area (Å²) in [4.78, 5) is 8.29. The van der Waals surface area contributed by atoms with Crippen molar-refractivity contribution in [3.05, 3.63) is 17.4 Å². The maximum Gasteiger partial charge on any atom is 0.222 e. The summed E-state index contributed by atoms with van der Waals surface area (Å²) in [6, 6.07) is 0.501. The van der Waals surface area contributed by atoms with Crippen LogP contribution in [0, 0.1) is 0 Å². The summed E-state index contributed by atoms with van der Waals surface area (Å²) in [6.07, 6.45) is 9.19. The van der Waals surface area contributed by atoms with Gasteiger partial charge in [0.15, 0.2) is 0 Å². The van der Waals surface area contributed by atoms with Crippen LogP contribution in [-0.4, -0.2) is 27.5 Å². The largest absolute Gasteiger partial charge is 0.350 e. The molecule has 0 saturated heterocycles. The number of nitrogens with zero attached hydrogens (tertiary/aromatic N) is 2. The van der Waals surface area contributed by atoms with Gasteiger partial charge in [-0.15, -0.1) is 0 Å². The lowest BCUT2D eigenvalue weighted by Gasteiger charge is -2.18. The van der Waals surface area contributed by atoms with E-state index in [1.807, 2.05) is 11.8 Å². The van der Waals surface area contributed by atoms with Gasteiger partial charge in [0.25, 0.3) is 0 Å². The summed E-state index contributed by atoms with van der Waals surface area (Å²) < 4.78 is 0. The van der Waals surface area contributed by atoms with Crippen LogP contribution in [0.4, 0.5) is 5.95 Å². The molecular weight excluding hydrogens is 230 g/mol. The average Bonchev–Trinajstić information content (AvgIpc) is 2.69. The van der Waals surface area contributed by atoms with Crippen LogP contribution in [0.3, 0.4) is 0 Å². The van der Waals surface area contributed by atoms with E-state index in [0.717, 1.165) is 0 Å². The zero-order valence-corrected chi connectivity index (χ0v) is 10.2. The van der Waals surface area contributed by atoms with Crippen molar-refractivity contribution in [2.45, 2.75) is 30.6 Å². The molecule has 2 atom stereocenters. The van der Waals surface area contributed by atoms with Crippen LogP contribution in [0.25, 0.3) is 0 Å². The van der Waals surface area contributed by atoms with E-state index in [0.29, 0.717) is 22.3 Å². The zero-order valence-electron chi connectivity index (χ0n) is 8.61. The van der Waals surface area contributed by atoms with Gasteiger partial charge in [-0.3, -0.25) is 0 Å². The second-order valence-corrected chi connectivity index (χ2v) is 5.19. The summed E-state index contributed by atoms with van der Waals surface area (Å²) in [5, 5.41) is 4.63. The molecule has 2 rings (SSSR count). The van der Waals surface area contributed by atoms with E-state index in [9.17, 15) is 0 Å². The number of rotatable bonds is 3.